The molecule has 5 nitrogen and oxygen atoms in total. The molecule has 0 saturated heterocycles. The van der Waals surface area contributed by atoms with Crippen LogP contribution in [-0.4, -0.2) is 20.1 Å². The molecule has 130 valence electrons. The number of halogens is 2. The van der Waals surface area contributed by atoms with E-state index in [9.17, 15) is 5.11 Å². The third-order valence-corrected chi connectivity index (χ3v) is 5.08. The number of aliphatic hydroxyl groups is 1. The van der Waals surface area contributed by atoms with E-state index in [1.165, 1.54) is 11.8 Å². The van der Waals surface area contributed by atoms with Crippen LogP contribution in [0.3, 0.4) is 0 Å². The lowest BCUT2D eigenvalue weighted by atomic mass is 10.1. The van der Waals surface area contributed by atoms with Crippen molar-refractivity contribution in [3.05, 3.63) is 65.2 Å². The Bertz CT molecular complexity index is 849. The Labute approximate surface area is 161 Å². The van der Waals surface area contributed by atoms with Gasteiger partial charge in [-0.1, -0.05) is 29.4 Å². The summed E-state index contributed by atoms with van der Waals surface area (Å²) in [5, 5.41) is 10.7. The van der Waals surface area contributed by atoms with Crippen molar-refractivity contribution < 1.29 is 5.11 Å². The van der Waals surface area contributed by atoms with Crippen LogP contribution in [0, 0.1) is 0 Å². The maximum Gasteiger partial charge on any atom is 0.106 e. The molecule has 0 radical (unpaired) electrons. The molecular formula is C17H16Cl2N4OS. The maximum absolute atomic E-state index is 9.46. The molecule has 0 aliphatic rings. The van der Waals surface area contributed by atoms with E-state index in [1.54, 1.807) is 30.9 Å². The second kappa shape index (κ2) is 9.12. The third kappa shape index (κ3) is 4.48. The van der Waals surface area contributed by atoms with Gasteiger partial charge < -0.3 is 10.8 Å². The van der Waals surface area contributed by atoms with Crippen molar-refractivity contribution >= 4 is 35.8 Å². The highest BCUT2D eigenvalue weighted by molar-refractivity contribution is 7.99. The molecule has 8 heteroatoms. The van der Waals surface area contributed by atoms with Crippen molar-refractivity contribution in [2.45, 2.75) is 23.1 Å². The summed E-state index contributed by atoms with van der Waals surface area (Å²) in [4.78, 5) is 13.5. The lowest BCUT2D eigenvalue weighted by Gasteiger charge is -2.13. The lowest BCUT2D eigenvalue weighted by Crippen LogP contribution is -2.01. The quantitative estimate of drug-likeness (QED) is 0.685. The Hall–Kier alpha value is -1.70. The van der Waals surface area contributed by atoms with Crippen LogP contribution in [0.15, 0.2) is 59.0 Å². The molecular weight excluding hydrogens is 379 g/mol. The molecule has 2 heterocycles. The highest BCUT2D eigenvalue weighted by Crippen LogP contribution is 2.39. The number of aliphatic hydroxyl groups excluding tert-OH is 1. The van der Waals surface area contributed by atoms with Gasteiger partial charge in [0.15, 0.2) is 0 Å². The molecule has 2 aromatic heterocycles. The summed E-state index contributed by atoms with van der Waals surface area (Å²) < 4.78 is 0. The zero-order chi connectivity index (χ0) is 16.9. The molecule has 0 aliphatic carbocycles. The number of aromatic nitrogens is 3. The van der Waals surface area contributed by atoms with E-state index in [0.29, 0.717) is 16.6 Å². The van der Waals surface area contributed by atoms with E-state index >= 15 is 0 Å². The van der Waals surface area contributed by atoms with Crippen LogP contribution in [0.1, 0.15) is 11.1 Å². The van der Waals surface area contributed by atoms with Crippen molar-refractivity contribution in [2.75, 3.05) is 0 Å². The van der Waals surface area contributed by atoms with Crippen LogP contribution >= 0.6 is 35.8 Å². The highest BCUT2D eigenvalue weighted by atomic mass is 35.5. The molecule has 0 amide bonds. The largest absolute Gasteiger partial charge is 0.392 e. The molecule has 0 spiro atoms. The first-order chi connectivity index (χ1) is 11.7. The van der Waals surface area contributed by atoms with Crippen molar-refractivity contribution in [2.24, 2.45) is 5.73 Å². The topological polar surface area (TPSA) is 84.9 Å². The Morgan fingerprint density at radius 1 is 1.12 bits per heavy atom. The fourth-order valence-corrected chi connectivity index (χ4v) is 3.60. The summed E-state index contributed by atoms with van der Waals surface area (Å²) in [6, 6.07) is 7.42. The summed E-state index contributed by atoms with van der Waals surface area (Å²) in [6.07, 6.45) is 6.62. The molecule has 0 atom stereocenters. The van der Waals surface area contributed by atoms with Crippen LogP contribution in [0.2, 0.25) is 5.02 Å². The number of nitrogens with two attached hydrogens (primary N) is 1. The van der Waals surface area contributed by atoms with Gasteiger partial charge in [-0.05, 0) is 23.8 Å². The minimum Gasteiger partial charge on any atom is -0.392 e. The first kappa shape index (κ1) is 19.6. The molecule has 0 bridgehead atoms. The summed E-state index contributed by atoms with van der Waals surface area (Å²) in [6.45, 7) is 0.251. The number of benzene rings is 1. The van der Waals surface area contributed by atoms with E-state index in [4.69, 9.17) is 17.3 Å². The fourth-order valence-electron chi connectivity index (χ4n) is 2.25. The van der Waals surface area contributed by atoms with Gasteiger partial charge in [0.2, 0.25) is 0 Å². The van der Waals surface area contributed by atoms with E-state index < -0.39 is 0 Å². The van der Waals surface area contributed by atoms with Crippen molar-refractivity contribution in [1.29, 1.82) is 0 Å². The van der Waals surface area contributed by atoms with E-state index in [2.05, 4.69) is 15.0 Å². The molecule has 0 saturated carbocycles. The number of hydrogen-bond donors (Lipinski definition) is 2. The van der Waals surface area contributed by atoms with Crippen molar-refractivity contribution in [1.82, 2.24) is 15.0 Å². The van der Waals surface area contributed by atoms with Gasteiger partial charge in [0.25, 0.3) is 0 Å². The zero-order valence-electron chi connectivity index (χ0n) is 13.1. The minimum atomic E-state index is -0.0799. The second-order valence-corrected chi connectivity index (χ2v) is 6.38. The highest BCUT2D eigenvalue weighted by Gasteiger charge is 2.14. The van der Waals surface area contributed by atoms with Gasteiger partial charge in [-0.15, -0.1) is 12.4 Å². The molecule has 25 heavy (non-hydrogen) atoms. The summed E-state index contributed by atoms with van der Waals surface area (Å²) in [5.41, 5.74) is 9.15. The van der Waals surface area contributed by atoms with Crippen LogP contribution in [0.25, 0.3) is 11.3 Å². The van der Waals surface area contributed by atoms with Gasteiger partial charge in [0.05, 0.1) is 23.5 Å². The molecule has 0 fully saturated rings. The SMILES string of the molecule is Cl.NCc1cc(-c2cnccn2)cc(Cl)c1Sc1ncccc1CO. The van der Waals surface area contributed by atoms with Crippen LogP contribution < -0.4 is 5.73 Å². The minimum absolute atomic E-state index is 0. The Morgan fingerprint density at radius 2 is 1.96 bits per heavy atom. The maximum atomic E-state index is 9.46. The molecule has 3 aromatic rings. The normalized spacial score (nSPS) is 10.4. The van der Waals surface area contributed by atoms with E-state index in [0.717, 1.165) is 27.3 Å². The van der Waals surface area contributed by atoms with E-state index in [1.807, 2.05) is 18.2 Å². The fraction of sp³-hybridized carbons (Fsp3) is 0.118. The van der Waals surface area contributed by atoms with Crippen molar-refractivity contribution in [3.63, 3.8) is 0 Å². The molecule has 3 rings (SSSR count). The zero-order valence-corrected chi connectivity index (χ0v) is 15.5. The number of nitrogens with zero attached hydrogens (tertiary/aromatic N) is 3. The summed E-state index contributed by atoms with van der Waals surface area (Å²) in [5.74, 6) is 0. The second-order valence-electron chi connectivity index (χ2n) is 4.97. The standard InChI is InChI=1S/C17H15ClN4OS.ClH/c18-14-7-12(15-9-20-4-5-21-15)6-13(8-19)16(14)24-17-11(10-23)2-1-3-22-17;/h1-7,9,23H,8,10,19H2;1H. The van der Waals surface area contributed by atoms with Crippen LogP contribution in [0.4, 0.5) is 0 Å². The monoisotopic (exact) mass is 394 g/mol. The first-order valence-electron chi connectivity index (χ1n) is 7.24. The lowest BCUT2D eigenvalue weighted by molar-refractivity contribution is 0.278. The van der Waals surface area contributed by atoms with Gasteiger partial charge >= 0.3 is 0 Å². The Kier molecular flexibility index (Phi) is 7.16. The predicted molar refractivity (Wildman–Crippen MR) is 102 cm³/mol. The molecule has 1 aromatic carbocycles. The number of hydrogen-bond acceptors (Lipinski definition) is 6. The van der Waals surface area contributed by atoms with Gasteiger partial charge in [-0.2, -0.15) is 0 Å². The Balaban J connectivity index is 0.00000225. The summed E-state index contributed by atoms with van der Waals surface area (Å²) >= 11 is 7.90. The van der Waals surface area contributed by atoms with Gasteiger partial charge in [0.1, 0.15) is 5.03 Å². The average molecular weight is 395 g/mol. The predicted octanol–water partition coefficient (Wildman–Crippen LogP) is 3.72. The Morgan fingerprint density at radius 3 is 2.64 bits per heavy atom. The smallest absolute Gasteiger partial charge is 0.106 e. The number of rotatable bonds is 5. The molecule has 0 aliphatic heterocycles. The molecule has 3 N–H and O–H groups in total. The average Bonchev–Trinajstić information content (AvgIpc) is 2.64. The van der Waals surface area contributed by atoms with Gasteiger partial charge in [-0.25, -0.2) is 4.98 Å². The van der Waals surface area contributed by atoms with Crippen LogP contribution in [-0.2, 0) is 13.2 Å². The molecule has 0 unspecified atom stereocenters. The summed E-state index contributed by atoms with van der Waals surface area (Å²) in [7, 11) is 0. The van der Waals surface area contributed by atoms with E-state index in [-0.39, 0.29) is 19.0 Å². The first-order valence-corrected chi connectivity index (χ1v) is 8.44. The third-order valence-electron chi connectivity index (χ3n) is 3.42. The van der Waals surface area contributed by atoms with Gasteiger partial charge in [-0.3, -0.25) is 9.97 Å². The van der Waals surface area contributed by atoms with Crippen LogP contribution in [0.5, 0.6) is 0 Å². The van der Waals surface area contributed by atoms with Crippen molar-refractivity contribution in [3.8, 4) is 11.3 Å². The van der Waals surface area contributed by atoms with Gasteiger partial charge in [0, 0.05) is 41.2 Å². The number of pyridine rings is 1.